The van der Waals surface area contributed by atoms with Gasteiger partial charge in [0.05, 0.1) is 12.3 Å². The van der Waals surface area contributed by atoms with Crippen LogP contribution in [0.2, 0.25) is 0 Å². The van der Waals surface area contributed by atoms with Crippen LogP contribution in [-0.2, 0) is 4.74 Å². The molecule has 0 unspecified atom stereocenters. The molecular weight excluding hydrogens is 255 g/mol. The predicted molar refractivity (Wildman–Crippen MR) is 54.0 cm³/mol. The minimum Gasteiger partial charge on any atom is -0.462 e. The number of hydrogen-bond acceptors (Lipinski definition) is 5. The van der Waals surface area contributed by atoms with E-state index in [1.54, 1.807) is 0 Å². The summed E-state index contributed by atoms with van der Waals surface area (Å²) >= 11 is 0. The predicted octanol–water partition coefficient (Wildman–Crippen LogP) is 1.15. The Hall–Kier alpha value is -2.06. The van der Waals surface area contributed by atoms with Crippen molar-refractivity contribution in [3.8, 4) is 0 Å². The SMILES string of the molecule is CCOC(=O)c1c(C)nn(C(=O)C(F)(F)F)c1N. The normalized spacial score (nSPS) is 11.4. The highest BCUT2D eigenvalue weighted by Gasteiger charge is 2.42. The molecule has 0 saturated heterocycles. The van der Waals surface area contributed by atoms with E-state index < -0.39 is 23.9 Å². The average molecular weight is 265 g/mol. The number of aromatic nitrogens is 2. The lowest BCUT2D eigenvalue weighted by atomic mass is 10.2. The van der Waals surface area contributed by atoms with E-state index in [1.807, 2.05) is 0 Å². The maximum Gasteiger partial charge on any atom is 0.473 e. The Kier molecular flexibility index (Phi) is 3.63. The molecule has 0 fully saturated rings. The molecule has 2 N–H and O–H groups in total. The van der Waals surface area contributed by atoms with E-state index >= 15 is 0 Å². The number of anilines is 1. The third-order valence-corrected chi connectivity index (χ3v) is 2.01. The summed E-state index contributed by atoms with van der Waals surface area (Å²) < 4.78 is 41.2. The fourth-order valence-corrected chi connectivity index (χ4v) is 1.28. The second-order valence-corrected chi connectivity index (χ2v) is 3.28. The minimum absolute atomic E-state index is 0.0239. The van der Waals surface area contributed by atoms with E-state index in [9.17, 15) is 22.8 Å². The second-order valence-electron chi connectivity index (χ2n) is 3.28. The molecule has 100 valence electrons. The summed E-state index contributed by atoms with van der Waals surface area (Å²) in [6.07, 6.45) is -5.13. The summed E-state index contributed by atoms with van der Waals surface area (Å²) in [5, 5.41) is 3.30. The van der Waals surface area contributed by atoms with Crippen molar-refractivity contribution in [1.29, 1.82) is 0 Å². The number of nitrogen functional groups attached to an aromatic ring is 1. The summed E-state index contributed by atoms with van der Waals surface area (Å²) in [7, 11) is 0. The fourth-order valence-electron chi connectivity index (χ4n) is 1.28. The molecule has 1 aromatic rings. The molecule has 0 amide bonds. The molecule has 1 rings (SSSR count). The highest BCUT2D eigenvalue weighted by Crippen LogP contribution is 2.23. The fraction of sp³-hybridized carbons (Fsp3) is 0.444. The van der Waals surface area contributed by atoms with Crippen molar-refractivity contribution in [2.24, 2.45) is 0 Å². The van der Waals surface area contributed by atoms with Gasteiger partial charge in [0.1, 0.15) is 11.4 Å². The molecule has 0 aliphatic carbocycles. The third-order valence-electron chi connectivity index (χ3n) is 2.01. The van der Waals surface area contributed by atoms with Crippen molar-refractivity contribution < 1.29 is 27.5 Å². The van der Waals surface area contributed by atoms with Gasteiger partial charge in [0.2, 0.25) is 0 Å². The first-order valence-electron chi connectivity index (χ1n) is 4.83. The number of nitrogens with zero attached hydrogens (tertiary/aromatic N) is 2. The van der Waals surface area contributed by atoms with Crippen LogP contribution in [0.4, 0.5) is 19.0 Å². The largest absolute Gasteiger partial charge is 0.473 e. The van der Waals surface area contributed by atoms with E-state index in [0.717, 1.165) is 0 Å². The van der Waals surface area contributed by atoms with Crippen molar-refractivity contribution in [2.45, 2.75) is 20.0 Å². The molecule has 1 heterocycles. The number of alkyl halides is 3. The van der Waals surface area contributed by atoms with Gasteiger partial charge < -0.3 is 10.5 Å². The first kappa shape index (κ1) is 14.0. The quantitative estimate of drug-likeness (QED) is 0.810. The third kappa shape index (κ3) is 2.44. The molecule has 9 heteroatoms. The van der Waals surface area contributed by atoms with Gasteiger partial charge in [0.25, 0.3) is 0 Å². The van der Waals surface area contributed by atoms with Crippen molar-refractivity contribution in [1.82, 2.24) is 9.78 Å². The van der Waals surface area contributed by atoms with Gasteiger partial charge in [-0.1, -0.05) is 0 Å². The Morgan fingerprint density at radius 2 is 2.00 bits per heavy atom. The maximum atomic E-state index is 12.2. The Morgan fingerprint density at radius 1 is 1.44 bits per heavy atom. The first-order chi connectivity index (χ1) is 8.20. The zero-order chi connectivity index (χ0) is 14.1. The van der Waals surface area contributed by atoms with Gasteiger partial charge in [0, 0.05) is 0 Å². The Morgan fingerprint density at radius 3 is 2.44 bits per heavy atom. The second kappa shape index (κ2) is 4.67. The lowest BCUT2D eigenvalue weighted by molar-refractivity contribution is -0.0954. The van der Waals surface area contributed by atoms with Crippen LogP contribution >= 0.6 is 0 Å². The minimum atomic E-state index is -5.13. The van der Waals surface area contributed by atoms with Gasteiger partial charge in [-0.2, -0.15) is 23.0 Å². The smallest absolute Gasteiger partial charge is 0.462 e. The van der Waals surface area contributed by atoms with E-state index in [0.29, 0.717) is 0 Å². The van der Waals surface area contributed by atoms with E-state index in [2.05, 4.69) is 9.84 Å². The zero-order valence-corrected chi connectivity index (χ0v) is 9.54. The van der Waals surface area contributed by atoms with Gasteiger partial charge in [0.15, 0.2) is 0 Å². The van der Waals surface area contributed by atoms with Gasteiger partial charge in [-0.25, -0.2) is 4.79 Å². The standard InChI is InChI=1S/C9H10F3N3O3/c1-3-18-7(16)5-4(2)14-15(6(5)13)8(17)9(10,11)12/h3,13H2,1-2H3. The summed E-state index contributed by atoms with van der Waals surface area (Å²) in [6.45, 7) is 2.80. The van der Waals surface area contributed by atoms with Crippen LogP contribution in [0.5, 0.6) is 0 Å². The van der Waals surface area contributed by atoms with Crippen LogP contribution < -0.4 is 5.73 Å². The molecular formula is C9H10F3N3O3. The van der Waals surface area contributed by atoms with Crippen LogP contribution in [0.15, 0.2) is 0 Å². The number of aryl methyl sites for hydroxylation is 1. The topological polar surface area (TPSA) is 87.2 Å². The average Bonchev–Trinajstić information content (AvgIpc) is 2.52. The monoisotopic (exact) mass is 265 g/mol. The van der Waals surface area contributed by atoms with Crippen LogP contribution in [0.1, 0.15) is 27.8 Å². The molecule has 0 aromatic carbocycles. The molecule has 1 aromatic heterocycles. The first-order valence-corrected chi connectivity index (χ1v) is 4.83. The lowest BCUT2D eigenvalue weighted by Crippen LogP contribution is -2.31. The van der Waals surface area contributed by atoms with Crippen LogP contribution in [-0.4, -0.2) is 34.4 Å². The number of rotatable bonds is 2. The van der Waals surface area contributed by atoms with Crippen LogP contribution in [0, 0.1) is 6.92 Å². The summed E-state index contributed by atoms with van der Waals surface area (Å²) in [5.41, 5.74) is 4.87. The zero-order valence-electron chi connectivity index (χ0n) is 9.54. The van der Waals surface area contributed by atoms with Gasteiger partial charge in [-0.15, -0.1) is 0 Å². The molecule has 0 radical (unpaired) electrons. The van der Waals surface area contributed by atoms with Crippen molar-refractivity contribution in [2.75, 3.05) is 12.3 Å². The van der Waals surface area contributed by atoms with Crippen molar-refractivity contribution >= 4 is 17.7 Å². The lowest BCUT2D eigenvalue weighted by Gasteiger charge is -2.06. The number of hydrogen-bond donors (Lipinski definition) is 1. The molecule has 0 aliphatic heterocycles. The molecule has 0 spiro atoms. The van der Waals surface area contributed by atoms with Crippen molar-refractivity contribution in [3.05, 3.63) is 11.3 Å². The number of esters is 1. The van der Waals surface area contributed by atoms with Gasteiger partial charge >= 0.3 is 18.1 Å². The summed E-state index contributed by atoms with van der Waals surface area (Å²) in [6, 6.07) is 0. The highest BCUT2D eigenvalue weighted by molar-refractivity contribution is 5.98. The summed E-state index contributed by atoms with van der Waals surface area (Å²) in [5.74, 6) is -3.87. The number of carbonyl (C=O) groups is 2. The van der Waals surface area contributed by atoms with Crippen molar-refractivity contribution in [3.63, 3.8) is 0 Å². The van der Waals surface area contributed by atoms with Gasteiger partial charge in [-0.05, 0) is 13.8 Å². The van der Waals surface area contributed by atoms with Crippen LogP contribution in [0.25, 0.3) is 0 Å². The molecule has 0 aliphatic rings. The summed E-state index contributed by atoms with van der Waals surface area (Å²) in [4.78, 5) is 22.4. The Bertz CT molecular complexity index is 493. The number of carbonyl (C=O) groups excluding carboxylic acids is 2. The molecule has 0 atom stereocenters. The Balaban J connectivity index is 3.24. The maximum absolute atomic E-state index is 12.2. The van der Waals surface area contributed by atoms with E-state index in [-0.39, 0.29) is 22.5 Å². The van der Waals surface area contributed by atoms with Gasteiger partial charge in [-0.3, -0.25) is 4.79 Å². The Labute approximate surface area is 99.5 Å². The molecule has 18 heavy (non-hydrogen) atoms. The highest BCUT2D eigenvalue weighted by atomic mass is 19.4. The number of ether oxygens (including phenoxy) is 1. The van der Waals surface area contributed by atoms with E-state index in [4.69, 9.17) is 5.73 Å². The molecule has 6 nitrogen and oxygen atoms in total. The number of halogens is 3. The molecule has 0 saturated carbocycles. The van der Waals surface area contributed by atoms with E-state index in [1.165, 1.54) is 13.8 Å². The molecule has 0 bridgehead atoms. The van der Waals surface area contributed by atoms with Crippen LogP contribution in [0.3, 0.4) is 0 Å². The number of nitrogens with two attached hydrogens (primary N) is 1.